The van der Waals surface area contributed by atoms with Crippen molar-refractivity contribution in [2.75, 3.05) is 13.1 Å². The molecule has 0 bridgehead atoms. The summed E-state index contributed by atoms with van der Waals surface area (Å²) in [5.74, 6) is 0.715. The molecule has 0 saturated carbocycles. The van der Waals surface area contributed by atoms with Crippen LogP contribution in [0.4, 0.5) is 0 Å². The molecule has 1 aliphatic rings. The molecule has 0 unspecified atom stereocenters. The van der Waals surface area contributed by atoms with E-state index in [9.17, 15) is 9.59 Å². The van der Waals surface area contributed by atoms with Crippen molar-refractivity contribution in [3.05, 3.63) is 42.5 Å². The van der Waals surface area contributed by atoms with Gasteiger partial charge in [-0.05, 0) is 0 Å². The largest absolute Gasteiger partial charge is 0.350 e. The van der Waals surface area contributed by atoms with Crippen LogP contribution in [0.25, 0.3) is 0 Å². The van der Waals surface area contributed by atoms with Crippen LogP contribution in [0.5, 0.6) is 0 Å². The maximum atomic E-state index is 12.1. The zero-order valence-electron chi connectivity index (χ0n) is 12.8. The average Bonchev–Trinajstić information content (AvgIpc) is 2.91. The molecule has 1 aliphatic heterocycles. The summed E-state index contributed by atoms with van der Waals surface area (Å²) in [6, 6.07) is 0. The molecular weight excluding hydrogens is 296 g/mol. The summed E-state index contributed by atoms with van der Waals surface area (Å²) in [6.45, 7) is 3.79. The Morgan fingerprint density at radius 1 is 1.26 bits per heavy atom. The second kappa shape index (κ2) is 6.55. The van der Waals surface area contributed by atoms with Gasteiger partial charge in [-0.1, -0.05) is 0 Å². The highest BCUT2D eigenvalue weighted by Gasteiger charge is 2.24. The molecule has 0 radical (unpaired) electrons. The molecule has 0 aromatic carbocycles. The highest BCUT2D eigenvalue weighted by Crippen LogP contribution is 2.15. The van der Waals surface area contributed by atoms with Crippen molar-refractivity contribution in [2.45, 2.75) is 20.0 Å². The molecule has 0 saturated heterocycles. The lowest BCUT2D eigenvalue weighted by atomic mass is 10.1. The van der Waals surface area contributed by atoms with E-state index in [0.717, 1.165) is 5.82 Å². The van der Waals surface area contributed by atoms with E-state index in [2.05, 4.69) is 20.3 Å². The molecule has 3 heterocycles. The number of aromatic nitrogens is 4. The molecule has 2 amide bonds. The number of carbonyl (C=O) groups excluding carboxylic acids is 2. The zero-order chi connectivity index (χ0) is 16.2. The van der Waals surface area contributed by atoms with E-state index in [1.54, 1.807) is 18.0 Å². The first kappa shape index (κ1) is 15.1. The van der Waals surface area contributed by atoms with Crippen LogP contribution in [-0.4, -0.2) is 49.3 Å². The maximum Gasteiger partial charge on any atom is 0.271 e. The van der Waals surface area contributed by atoms with Gasteiger partial charge in [-0.2, -0.15) is 0 Å². The molecular formula is C15H18N6O2. The van der Waals surface area contributed by atoms with Crippen molar-refractivity contribution in [3.63, 3.8) is 0 Å². The van der Waals surface area contributed by atoms with E-state index in [1.165, 1.54) is 18.6 Å². The van der Waals surface area contributed by atoms with Crippen molar-refractivity contribution in [2.24, 2.45) is 5.92 Å². The van der Waals surface area contributed by atoms with Crippen molar-refractivity contribution in [3.8, 4) is 0 Å². The van der Waals surface area contributed by atoms with Crippen LogP contribution >= 0.6 is 0 Å². The molecule has 23 heavy (non-hydrogen) atoms. The predicted molar refractivity (Wildman–Crippen MR) is 81.2 cm³/mol. The standard InChI is InChI=1S/C15H18N6O2/c1-11(22)21-9-12(8-20-5-4-18-14(20)10-21)6-19-15(23)13-7-16-2-3-17-13/h2-5,7,12H,6,8-10H2,1H3,(H,19,23)/t12-/m1/s1. The molecule has 8 heteroatoms. The Morgan fingerprint density at radius 3 is 2.87 bits per heavy atom. The Morgan fingerprint density at radius 2 is 2.13 bits per heavy atom. The summed E-state index contributed by atoms with van der Waals surface area (Å²) in [7, 11) is 0. The lowest BCUT2D eigenvalue weighted by Crippen LogP contribution is -2.38. The van der Waals surface area contributed by atoms with E-state index in [4.69, 9.17) is 0 Å². The number of nitrogens with one attached hydrogen (secondary N) is 1. The third kappa shape index (κ3) is 3.53. The minimum atomic E-state index is -0.262. The summed E-state index contributed by atoms with van der Waals surface area (Å²) < 4.78 is 2.03. The van der Waals surface area contributed by atoms with Crippen molar-refractivity contribution in [1.29, 1.82) is 0 Å². The smallest absolute Gasteiger partial charge is 0.271 e. The van der Waals surface area contributed by atoms with Gasteiger partial charge < -0.3 is 14.8 Å². The van der Waals surface area contributed by atoms with Gasteiger partial charge in [0.2, 0.25) is 5.91 Å². The Hall–Kier alpha value is -2.77. The predicted octanol–water partition coefficient (Wildman–Crippen LogP) is 0.0814. The van der Waals surface area contributed by atoms with E-state index in [-0.39, 0.29) is 23.4 Å². The van der Waals surface area contributed by atoms with Gasteiger partial charge in [0, 0.05) is 57.3 Å². The van der Waals surface area contributed by atoms with Crippen LogP contribution in [0.3, 0.4) is 0 Å². The van der Waals surface area contributed by atoms with Crippen LogP contribution in [-0.2, 0) is 17.9 Å². The van der Waals surface area contributed by atoms with E-state index in [1.807, 2.05) is 10.8 Å². The fourth-order valence-corrected chi connectivity index (χ4v) is 2.65. The topological polar surface area (TPSA) is 93.0 Å². The van der Waals surface area contributed by atoms with Gasteiger partial charge >= 0.3 is 0 Å². The molecule has 2 aromatic heterocycles. The molecule has 0 aliphatic carbocycles. The minimum Gasteiger partial charge on any atom is -0.350 e. The molecule has 120 valence electrons. The number of fused-ring (bicyclic) bond motifs is 1. The second-order valence-electron chi connectivity index (χ2n) is 5.56. The fourth-order valence-electron chi connectivity index (χ4n) is 2.65. The minimum absolute atomic E-state index is 0.00621. The van der Waals surface area contributed by atoms with E-state index >= 15 is 0 Å². The van der Waals surface area contributed by atoms with Gasteiger partial charge in [-0.3, -0.25) is 14.6 Å². The maximum absolute atomic E-state index is 12.1. The van der Waals surface area contributed by atoms with Gasteiger partial charge in [-0.25, -0.2) is 9.97 Å². The molecule has 8 nitrogen and oxygen atoms in total. The summed E-state index contributed by atoms with van der Waals surface area (Å²) in [5.41, 5.74) is 0.285. The molecule has 1 N–H and O–H groups in total. The Bertz CT molecular complexity index is 699. The normalized spacial score (nSPS) is 17.3. The molecule has 2 aromatic rings. The van der Waals surface area contributed by atoms with Crippen molar-refractivity contribution >= 4 is 11.8 Å². The molecule has 0 fully saturated rings. The fraction of sp³-hybridized carbons (Fsp3) is 0.400. The average molecular weight is 314 g/mol. The van der Waals surface area contributed by atoms with Crippen LogP contribution in [0, 0.1) is 5.92 Å². The van der Waals surface area contributed by atoms with E-state index < -0.39 is 0 Å². The number of rotatable bonds is 3. The Balaban J connectivity index is 1.67. The summed E-state index contributed by atoms with van der Waals surface area (Å²) >= 11 is 0. The summed E-state index contributed by atoms with van der Waals surface area (Å²) in [4.78, 5) is 37.8. The number of imidazole rings is 1. The number of nitrogens with zero attached hydrogens (tertiary/aromatic N) is 5. The third-order valence-electron chi connectivity index (χ3n) is 3.86. The van der Waals surface area contributed by atoms with Crippen LogP contribution < -0.4 is 5.32 Å². The summed E-state index contributed by atoms with van der Waals surface area (Å²) in [6.07, 6.45) is 8.06. The number of amides is 2. The summed E-state index contributed by atoms with van der Waals surface area (Å²) in [5, 5.41) is 2.87. The highest BCUT2D eigenvalue weighted by atomic mass is 16.2. The van der Waals surface area contributed by atoms with Gasteiger partial charge in [-0.15, -0.1) is 0 Å². The van der Waals surface area contributed by atoms with Crippen LogP contribution in [0.1, 0.15) is 23.2 Å². The third-order valence-corrected chi connectivity index (χ3v) is 3.86. The van der Waals surface area contributed by atoms with Gasteiger partial charge in [0.15, 0.2) is 0 Å². The number of carbonyl (C=O) groups is 2. The molecule has 3 rings (SSSR count). The first-order valence-electron chi connectivity index (χ1n) is 7.43. The SMILES string of the molecule is CC(=O)N1Cc2nccn2C[C@@H](CNC(=O)c2cnccn2)C1. The highest BCUT2D eigenvalue weighted by molar-refractivity contribution is 5.91. The molecule has 1 atom stereocenters. The first-order valence-corrected chi connectivity index (χ1v) is 7.43. The van der Waals surface area contributed by atoms with Gasteiger partial charge in [0.25, 0.3) is 5.91 Å². The number of hydrogen-bond donors (Lipinski definition) is 1. The Labute approximate surface area is 133 Å². The van der Waals surface area contributed by atoms with Crippen LogP contribution in [0.15, 0.2) is 31.0 Å². The van der Waals surface area contributed by atoms with E-state index in [0.29, 0.717) is 26.2 Å². The molecule has 0 spiro atoms. The lowest BCUT2D eigenvalue weighted by Gasteiger charge is -2.22. The quantitative estimate of drug-likeness (QED) is 0.866. The van der Waals surface area contributed by atoms with Gasteiger partial charge in [0.05, 0.1) is 12.7 Å². The Kier molecular flexibility index (Phi) is 4.31. The van der Waals surface area contributed by atoms with Crippen LogP contribution in [0.2, 0.25) is 0 Å². The van der Waals surface area contributed by atoms with Gasteiger partial charge in [0.1, 0.15) is 11.5 Å². The first-order chi connectivity index (χ1) is 11.1. The lowest BCUT2D eigenvalue weighted by molar-refractivity contribution is -0.130. The van der Waals surface area contributed by atoms with Crippen molar-refractivity contribution in [1.82, 2.24) is 29.7 Å². The van der Waals surface area contributed by atoms with Crippen molar-refractivity contribution < 1.29 is 9.59 Å². The second-order valence-corrected chi connectivity index (χ2v) is 5.56. The number of hydrogen-bond acceptors (Lipinski definition) is 5. The zero-order valence-corrected chi connectivity index (χ0v) is 12.8. The monoisotopic (exact) mass is 314 g/mol.